The zero-order chi connectivity index (χ0) is 12.5. The molecule has 0 N–H and O–H groups in total. The van der Waals surface area contributed by atoms with E-state index in [2.05, 4.69) is 55.2 Å². The van der Waals surface area contributed by atoms with Gasteiger partial charge in [-0.15, -0.1) is 11.3 Å². The van der Waals surface area contributed by atoms with Gasteiger partial charge in [-0.05, 0) is 37.6 Å². The Balaban J connectivity index is 1.96. The molecule has 0 fully saturated rings. The molecule has 1 nitrogen and oxygen atoms in total. The van der Waals surface area contributed by atoms with Crippen molar-refractivity contribution in [1.29, 1.82) is 0 Å². The van der Waals surface area contributed by atoms with Crippen LogP contribution < -0.4 is 0 Å². The minimum atomic E-state index is 1.09. The molecule has 0 bridgehead atoms. The molecular formula is C15H13NS2. The molecule has 2 aromatic carbocycles. The molecule has 90 valence electrons. The van der Waals surface area contributed by atoms with Gasteiger partial charge in [0.05, 0.1) is 10.2 Å². The summed E-state index contributed by atoms with van der Waals surface area (Å²) in [7, 11) is 0. The second-order valence-electron chi connectivity index (χ2n) is 4.32. The Morgan fingerprint density at radius 3 is 2.67 bits per heavy atom. The second kappa shape index (κ2) is 4.75. The van der Waals surface area contributed by atoms with E-state index in [9.17, 15) is 0 Å². The summed E-state index contributed by atoms with van der Waals surface area (Å²) in [5, 5.41) is 0. The molecule has 0 aliphatic rings. The van der Waals surface area contributed by atoms with E-state index in [1.54, 1.807) is 23.1 Å². The zero-order valence-electron chi connectivity index (χ0n) is 10.3. The minimum absolute atomic E-state index is 1.09. The van der Waals surface area contributed by atoms with E-state index in [0.29, 0.717) is 0 Å². The fraction of sp³-hybridized carbons (Fsp3) is 0.133. The Labute approximate surface area is 115 Å². The third-order valence-electron chi connectivity index (χ3n) is 2.80. The van der Waals surface area contributed by atoms with Crippen molar-refractivity contribution in [3.05, 3.63) is 53.6 Å². The van der Waals surface area contributed by atoms with Crippen molar-refractivity contribution in [1.82, 2.24) is 4.98 Å². The Bertz CT molecular complexity index is 668. The maximum Gasteiger partial charge on any atom is 0.155 e. The molecule has 0 aliphatic heterocycles. The highest BCUT2D eigenvalue weighted by Crippen LogP contribution is 2.35. The van der Waals surface area contributed by atoms with Gasteiger partial charge in [-0.25, -0.2) is 4.98 Å². The lowest BCUT2D eigenvalue weighted by molar-refractivity contribution is 1.24. The highest BCUT2D eigenvalue weighted by Gasteiger charge is 2.06. The highest BCUT2D eigenvalue weighted by molar-refractivity contribution is 8.01. The van der Waals surface area contributed by atoms with Crippen LogP contribution in [0.15, 0.2) is 51.7 Å². The quantitative estimate of drug-likeness (QED) is 0.646. The van der Waals surface area contributed by atoms with Gasteiger partial charge < -0.3 is 0 Å². The Morgan fingerprint density at radius 1 is 1.06 bits per heavy atom. The molecule has 0 radical (unpaired) electrons. The van der Waals surface area contributed by atoms with Gasteiger partial charge in [-0.2, -0.15) is 0 Å². The molecule has 1 aromatic heterocycles. The van der Waals surface area contributed by atoms with Crippen LogP contribution in [0.1, 0.15) is 11.1 Å². The van der Waals surface area contributed by atoms with Gasteiger partial charge in [0.2, 0.25) is 0 Å². The summed E-state index contributed by atoms with van der Waals surface area (Å²) in [4.78, 5) is 5.94. The van der Waals surface area contributed by atoms with E-state index >= 15 is 0 Å². The molecule has 3 heteroatoms. The van der Waals surface area contributed by atoms with Crippen LogP contribution in [-0.2, 0) is 0 Å². The van der Waals surface area contributed by atoms with Crippen molar-refractivity contribution in [3.63, 3.8) is 0 Å². The van der Waals surface area contributed by atoms with E-state index in [1.165, 1.54) is 20.7 Å². The second-order valence-corrected chi connectivity index (χ2v) is 6.64. The molecule has 0 unspecified atom stereocenters. The van der Waals surface area contributed by atoms with E-state index in [0.717, 1.165) is 9.86 Å². The van der Waals surface area contributed by atoms with Crippen LogP contribution in [0.25, 0.3) is 10.2 Å². The van der Waals surface area contributed by atoms with E-state index in [1.807, 2.05) is 6.07 Å². The van der Waals surface area contributed by atoms with Gasteiger partial charge in [0.25, 0.3) is 0 Å². The van der Waals surface area contributed by atoms with Crippen LogP contribution >= 0.6 is 23.1 Å². The number of benzene rings is 2. The number of thiazole rings is 1. The minimum Gasteiger partial charge on any atom is -0.229 e. The van der Waals surface area contributed by atoms with Gasteiger partial charge in [0.15, 0.2) is 4.34 Å². The molecule has 1 heterocycles. The zero-order valence-corrected chi connectivity index (χ0v) is 11.9. The third-order valence-corrected chi connectivity index (χ3v) is 5.08. The summed E-state index contributed by atoms with van der Waals surface area (Å²) in [5.41, 5.74) is 3.72. The first-order valence-corrected chi connectivity index (χ1v) is 7.46. The van der Waals surface area contributed by atoms with Gasteiger partial charge in [-0.3, -0.25) is 0 Å². The van der Waals surface area contributed by atoms with Crippen LogP contribution in [0.4, 0.5) is 0 Å². The molecule has 3 aromatic rings. The Hall–Kier alpha value is -1.32. The standard InChI is InChI=1S/C15H13NS2/c1-10-7-8-13(11(2)9-10)17-15-16-12-5-3-4-6-14(12)18-15/h3-9H,1-2H3. The van der Waals surface area contributed by atoms with Crippen LogP contribution in [0.5, 0.6) is 0 Å². The van der Waals surface area contributed by atoms with Crippen molar-refractivity contribution < 1.29 is 0 Å². The summed E-state index contributed by atoms with van der Waals surface area (Å²) < 4.78 is 2.37. The lowest BCUT2D eigenvalue weighted by Crippen LogP contribution is -1.81. The largest absolute Gasteiger partial charge is 0.229 e. The van der Waals surface area contributed by atoms with E-state index in [4.69, 9.17) is 0 Å². The van der Waals surface area contributed by atoms with Crippen molar-refractivity contribution >= 4 is 33.3 Å². The first kappa shape index (κ1) is 11.8. The highest BCUT2D eigenvalue weighted by atomic mass is 32.2. The summed E-state index contributed by atoms with van der Waals surface area (Å²) in [6.45, 7) is 4.28. The summed E-state index contributed by atoms with van der Waals surface area (Å²) in [5.74, 6) is 0. The lowest BCUT2D eigenvalue weighted by Gasteiger charge is -2.03. The van der Waals surface area contributed by atoms with Crippen LogP contribution in [-0.4, -0.2) is 4.98 Å². The first-order valence-electron chi connectivity index (χ1n) is 5.83. The topological polar surface area (TPSA) is 12.9 Å². The van der Waals surface area contributed by atoms with Crippen LogP contribution in [0.3, 0.4) is 0 Å². The number of para-hydroxylation sites is 1. The summed E-state index contributed by atoms with van der Waals surface area (Å²) in [6, 6.07) is 14.8. The molecule has 0 amide bonds. The van der Waals surface area contributed by atoms with E-state index < -0.39 is 0 Å². The maximum atomic E-state index is 4.65. The third kappa shape index (κ3) is 2.28. The van der Waals surface area contributed by atoms with Crippen LogP contribution in [0.2, 0.25) is 0 Å². The van der Waals surface area contributed by atoms with Gasteiger partial charge in [0, 0.05) is 4.90 Å². The predicted molar refractivity (Wildman–Crippen MR) is 79.7 cm³/mol. The predicted octanol–water partition coefficient (Wildman–Crippen LogP) is 5.06. The lowest BCUT2D eigenvalue weighted by atomic mass is 10.2. The number of rotatable bonds is 2. The average Bonchev–Trinajstić information content (AvgIpc) is 2.75. The van der Waals surface area contributed by atoms with E-state index in [-0.39, 0.29) is 0 Å². The number of aromatic nitrogens is 1. The average molecular weight is 271 g/mol. The summed E-state index contributed by atoms with van der Waals surface area (Å²) >= 11 is 3.51. The van der Waals surface area contributed by atoms with Gasteiger partial charge in [0.1, 0.15) is 0 Å². The fourth-order valence-corrected chi connectivity index (χ4v) is 3.99. The number of nitrogens with zero attached hydrogens (tertiary/aromatic N) is 1. The first-order chi connectivity index (χ1) is 8.72. The Kier molecular flexibility index (Phi) is 3.10. The molecule has 0 aliphatic carbocycles. The number of aryl methyl sites for hydroxylation is 2. The molecule has 18 heavy (non-hydrogen) atoms. The molecule has 0 spiro atoms. The van der Waals surface area contributed by atoms with Gasteiger partial charge >= 0.3 is 0 Å². The Morgan fingerprint density at radius 2 is 1.89 bits per heavy atom. The number of fused-ring (bicyclic) bond motifs is 1. The molecule has 0 saturated carbocycles. The number of hydrogen-bond donors (Lipinski definition) is 0. The maximum absolute atomic E-state index is 4.65. The van der Waals surface area contributed by atoms with Crippen molar-refractivity contribution in [2.45, 2.75) is 23.1 Å². The smallest absolute Gasteiger partial charge is 0.155 e. The summed E-state index contributed by atoms with van der Waals surface area (Å²) in [6.07, 6.45) is 0. The normalized spacial score (nSPS) is 11.0. The van der Waals surface area contributed by atoms with Crippen molar-refractivity contribution in [2.24, 2.45) is 0 Å². The monoisotopic (exact) mass is 271 g/mol. The van der Waals surface area contributed by atoms with Gasteiger partial charge in [-0.1, -0.05) is 41.6 Å². The fourth-order valence-electron chi connectivity index (χ4n) is 1.90. The van der Waals surface area contributed by atoms with Crippen molar-refractivity contribution in [2.75, 3.05) is 0 Å². The molecule has 0 atom stereocenters. The SMILES string of the molecule is Cc1ccc(Sc2nc3ccccc3s2)c(C)c1. The van der Waals surface area contributed by atoms with Crippen molar-refractivity contribution in [3.8, 4) is 0 Å². The molecule has 0 saturated heterocycles. The van der Waals surface area contributed by atoms with Crippen LogP contribution in [0, 0.1) is 13.8 Å². The molecular weight excluding hydrogens is 258 g/mol. The molecule has 3 rings (SSSR count). The number of hydrogen-bond acceptors (Lipinski definition) is 3.